The van der Waals surface area contributed by atoms with Gasteiger partial charge in [-0.3, -0.25) is 29.4 Å². The van der Waals surface area contributed by atoms with Crippen LogP contribution in [0, 0.1) is 22.0 Å². The molecule has 9 heteroatoms. The molecule has 3 heterocycles. The SMILES string of the molecule is COc1ccc(CN2C(=O)[C@@H]3[C@H](C2=O)[C@H]2c4ccccc4C=CN2[C@@H]3C(=O)c2ccc([N+](=O)[O-])cc2)cc1. The van der Waals surface area contributed by atoms with Gasteiger partial charge in [0.25, 0.3) is 5.69 Å². The van der Waals surface area contributed by atoms with Crippen molar-refractivity contribution in [2.45, 2.75) is 18.6 Å². The topological polar surface area (TPSA) is 110 Å². The van der Waals surface area contributed by atoms with Crippen molar-refractivity contribution < 1.29 is 24.0 Å². The molecule has 0 N–H and O–H groups in total. The smallest absolute Gasteiger partial charge is 0.269 e. The first-order valence-electron chi connectivity index (χ1n) is 12.2. The Balaban J connectivity index is 1.40. The summed E-state index contributed by atoms with van der Waals surface area (Å²) in [6, 6.07) is 18.8. The number of imide groups is 1. The van der Waals surface area contributed by atoms with Crippen LogP contribution in [-0.2, 0) is 16.1 Å². The molecule has 0 bridgehead atoms. The summed E-state index contributed by atoms with van der Waals surface area (Å²) < 4.78 is 5.20. The lowest BCUT2D eigenvalue weighted by Gasteiger charge is -2.35. The Morgan fingerprint density at radius 1 is 0.947 bits per heavy atom. The molecule has 0 aromatic heterocycles. The molecule has 4 atom stereocenters. The van der Waals surface area contributed by atoms with Gasteiger partial charge in [-0.15, -0.1) is 0 Å². The van der Waals surface area contributed by atoms with E-state index in [-0.39, 0.29) is 29.5 Å². The van der Waals surface area contributed by atoms with Crippen molar-refractivity contribution in [3.8, 4) is 5.75 Å². The second kappa shape index (κ2) is 8.95. The molecular formula is C29H23N3O6. The van der Waals surface area contributed by atoms with Crippen LogP contribution in [0.15, 0.2) is 79.0 Å². The summed E-state index contributed by atoms with van der Waals surface area (Å²) in [6.07, 6.45) is 3.67. The van der Waals surface area contributed by atoms with Gasteiger partial charge in [-0.25, -0.2) is 0 Å². The predicted molar refractivity (Wildman–Crippen MR) is 137 cm³/mol. The fourth-order valence-corrected chi connectivity index (χ4v) is 5.91. The van der Waals surface area contributed by atoms with Crippen molar-refractivity contribution in [1.82, 2.24) is 9.80 Å². The molecule has 3 aliphatic heterocycles. The zero-order valence-electron chi connectivity index (χ0n) is 20.4. The quantitative estimate of drug-likeness (QED) is 0.214. The molecule has 0 saturated carbocycles. The lowest BCUT2D eigenvalue weighted by Crippen LogP contribution is -2.44. The first-order chi connectivity index (χ1) is 18.4. The minimum Gasteiger partial charge on any atom is -0.497 e. The van der Waals surface area contributed by atoms with Gasteiger partial charge in [0.15, 0.2) is 5.78 Å². The Labute approximate surface area is 218 Å². The minimum absolute atomic E-state index is 0.0946. The molecule has 3 aromatic rings. The lowest BCUT2D eigenvalue weighted by atomic mass is 9.83. The molecule has 0 aliphatic carbocycles. The molecule has 6 rings (SSSR count). The minimum atomic E-state index is -0.923. The second-order valence-electron chi connectivity index (χ2n) is 9.61. The van der Waals surface area contributed by atoms with E-state index in [0.717, 1.165) is 16.7 Å². The molecule has 2 amide bonds. The largest absolute Gasteiger partial charge is 0.497 e. The number of methoxy groups -OCH3 is 1. The van der Waals surface area contributed by atoms with E-state index in [1.165, 1.54) is 29.2 Å². The summed E-state index contributed by atoms with van der Waals surface area (Å²) in [5, 5.41) is 11.1. The van der Waals surface area contributed by atoms with Crippen molar-refractivity contribution in [1.29, 1.82) is 0 Å². The van der Waals surface area contributed by atoms with Crippen molar-refractivity contribution in [3.05, 3.63) is 111 Å². The van der Waals surface area contributed by atoms with Gasteiger partial charge >= 0.3 is 0 Å². The number of likely N-dealkylation sites (tertiary alicyclic amines) is 1. The van der Waals surface area contributed by atoms with Crippen molar-refractivity contribution in [2.24, 2.45) is 11.8 Å². The Kier molecular flexibility index (Phi) is 5.56. The molecular weight excluding hydrogens is 486 g/mol. The first kappa shape index (κ1) is 23.6. The number of benzene rings is 3. The second-order valence-corrected chi connectivity index (χ2v) is 9.61. The zero-order valence-corrected chi connectivity index (χ0v) is 20.4. The number of nitrogens with zero attached hydrogens (tertiary/aromatic N) is 3. The summed E-state index contributed by atoms with van der Waals surface area (Å²) >= 11 is 0. The van der Waals surface area contributed by atoms with Crippen LogP contribution in [0.1, 0.15) is 33.1 Å². The maximum Gasteiger partial charge on any atom is 0.269 e. The summed E-state index contributed by atoms with van der Waals surface area (Å²) in [7, 11) is 1.56. The molecule has 3 aromatic carbocycles. The average molecular weight is 510 g/mol. The maximum atomic E-state index is 13.9. The number of rotatable bonds is 6. The van der Waals surface area contributed by atoms with Crippen LogP contribution in [0.25, 0.3) is 6.08 Å². The number of fused-ring (bicyclic) bond motifs is 5. The highest BCUT2D eigenvalue weighted by Crippen LogP contribution is 2.53. The van der Waals surface area contributed by atoms with Gasteiger partial charge in [0.05, 0.1) is 36.5 Å². The number of amides is 2. The van der Waals surface area contributed by atoms with Gasteiger partial charge in [-0.2, -0.15) is 0 Å². The number of Topliss-reactive ketones (excluding diaryl/α,β-unsaturated/α-hetero) is 1. The van der Waals surface area contributed by atoms with E-state index >= 15 is 0 Å². The van der Waals surface area contributed by atoms with E-state index in [9.17, 15) is 24.5 Å². The van der Waals surface area contributed by atoms with Gasteiger partial charge in [0.2, 0.25) is 11.8 Å². The van der Waals surface area contributed by atoms with Gasteiger partial charge < -0.3 is 9.64 Å². The normalized spacial score (nSPS) is 23.2. The Morgan fingerprint density at radius 3 is 2.32 bits per heavy atom. The van der Waals surface area contributed by atoms with Gasteiger partial charge in [0.1, 0.15) is 11.8 Å². The number of hydrogen-bond donors (Lipinski definition) is 0. The van der Waals surface area contributed by atoms with E-state index < -0.39 is 34.7 Å². The Bertz CT molecular complexity index is 1500. The number of hydrogen-bond acceptors (Lipinski definition) is 7. The van der Waals surface area contributed by atoms with E-state index in [1.54, 1.807) is 37.6 Å². The van der Waals surface area contributed by atoms with Crippen LogP contribution in [-0.4, -0.2) is 45.5 Å². The number of nitro groups is 1. The summed E-state index contributed by atoms with van der Waals surface area (Å²) in [4.78, 5) is 55.2. The predicted octanol–water partition coefficient (Wildman–Crippen LogP) is 4.00. The molecule has 2 fully saturated rings. The highest BCUT2D eigenvalue weighted by molar-refractivity contribution is 6.12. The van der Waals surface area contributed by atoms with Crippen LogP contribution < -0.4 is 4.74 Å². The summed E-state index contributed by atoms with van der Waals surface area (Å²) in [6.45, 7) is 0.0946. The zero-order chi connectivity index (χ0) is 26.6. The fourth-order valence-electron chi connectivity index (χ4n) is 5.91. The number of non-ortho nitro benzene ring substituents is 1. The number of ketones is 1. The lowest BCUT2D eigenvalue weighted by molar-refractivity contribution is -0.384. The first-order valence-corrected chi connectivity index (χ1v) is 12.2. The molecule has 0 spiro atoms. The van der Waals surface area contributed by atoms with Crippen LogP contribution in [0.4, 0.5) is 5.69 Å². The number of ether oxygens (including phenoxy) is 1. The third-order valence-electron chi connectivity index (χ3n) is 7.68. The molecule has 9 nitrogen and oxygen atoms in total. The van der Waals surface area contributed by atoms with Crippen molar-refractivity contribution in [3.63, 3.8) is 0 Å². The highest BCUT2D eigenvalue weighted by Gasteiger charge is 2.64. The van der Waals surface area contributed by atoms with E-state index in [0.29, 0.717) is 5.75 Å². The van der Waals surface area contributed by atoms with Gasteiger partial charge in [-0.1, -0.05) is 36.4 Å². The molecule has 2 saturated heterocycles. The van der Waals surface area contributed by atoms with Crippen molar-refractivity contribution >= 4 is 29.4 Å². The third kappa shape index (κ3) is 3.58. The maximum absolute atomic E-state index is 13.9. The number of nitro benzene ring substituents is 1. The van der Waals surface area contributed by atoms with E-state index in [4.69, 9.17) is 4.74 Å². The van der Waals surface area contributed by atoms with E-state index in [2.05, 4.69) is 0 Å². The molecule has 38 heavy (non-hydrogen) atoms. The molecule has 0 radical (unpaired) electrons. The third-order valence-corrected chi connectivity index (χ3v) is 7.68. The standard InChI is InChI=1S/C29H23N3O6/c1-38-21-12-6-17(7-13-21)16-31-28(34)23-24(29(31)35)26(27(33)19-8-10-20(11-9-19)32(36)37)30-15-14-18-4-2-3-5-22(18)25(23)30/h2-15,23-26H,16H2,1H3/t23-,24+,25+,26-/m0/s1. The Morgan fingerprint density at radius 2 is 1.63 bits per heavy atom. The molecule has 3 aliphatic rings. The van der Waals surface area contributed by atoms with Crippen LogP contribution >= 0.6 is 0 Å². The summed E-state index contributed by atoms with van der Waals surface area (Å²) in [5.41, 5.74) is 2.71. The fraction of sp³-hybridized carbons (Fsp3) is 0.207. The average Bonchev–Trinajstić information content (AvgIpc) is 3.41. The van der Waals surface area contributed by atoms with Crippen LogP contribution in [0.3, 0.4) is 0 Å². The number of carbonyl (C=O) groups excluding carboxylic acids is 3. The van der Waals surface area contributed by atoms with Crippen LogP contribution in [0.2, 0.25) is 0 Å². The van der Waals surface area contributed by atoms with Gasteiger partial charge in [0, 0.05) is 23.9 Å². The summed E-state index contributed by atoms with van der Waals surface area (Å²) in [5.74, 6) is -2.01. The highest BCUT2D eigenvalue weighted by atomic mass is 16.6. The van der Waals surface area contributed by atoms with Crippen LogP contribution in [0.5, 0.6) is 5.75 Å². The molecule has 0 unspecified atom stereocenters. The molecule has 190 valence electrons. The number of carbonyl (C=O) groups is 3. The van der Waals surface area contributed by atoms with Crippen molar-refractivity contribution in [2.75, 3.05) is 7.11 Å². The van der Waals surface area contributed by atoms with Gasteiger partial charge in [-0.05, 0) is 47.0 Å². The van der Waals surface area contributed by atoms with E-state index in [1.807, 2.05) is 35.2 Å². The monoisotopic (exact) mass is 509 g/mol. The Hall–Kier alpha value is -4.79.